The molecule has 0 aliphatic heterocycles. The summed E-state index contributed by atoms with van der Waals surface area (Å²) in [6.45, 7) is 3.78. The molecule has 0 aliphatic carbocycles. The van der Waals surface area contributed by atoms with E-state index in [9.17, 15) is 22.4 Å². The second-order valence-electron chi connectivity index (χ2n) is 9.86. The van der Waals surface area contributed by atoms with Crippen molar-refractivity contribution < 1.29 is 22.4 Å². The SMILES string of the molecule is CC(C)CNC(=O)[C@H](Cc1ccccc1)N(Cc1cccc(Br)c1)C(=O)CN(c1ccc(F)c(Cl)c1)S(C)(=O)=O. The van der Waals surface area contributed by atoms with Gasteiger partial charge in [0.2, 0.25) is 21.8 Å². The highest BCUT2D eigenvalue weighted by Crippen LogP contribution is 2.25. The predicted octanol–water partition coefficient (Wildman–Crippen LogP) is 5.42. The molecule has 0 aromatic heterocycles. The van der Waals surface area contributed by atoms with Crippen molar-refractivity contribution >= 4 is 55.1 Å². The van der Waals surface area contributed by atoms with Crippen molar-refractivity contribution in [2.45, 2.75) is 32.9 Å². The van der Waals surface area contributed by atoms with E-state index in [1.807, 2.05) is 68.4 Å². The van der Waals surface area contributed by atoms with Crippen molar-refractivity contribution in [1.82, 2.24) is 10.2 Å². The normalized spacial score (nSPS) is 12.2. The first-order valence-corrected chi connectivity index (χ1v) is 15.7. The van der Waals surface area contributed by atoms with Crippen LogP contribution in [0.15, 0.2) is 77.3 Å². The Morgan fingerprint density at radius 3 is 2.27 bits per heavy atom. The van der Waals surface area contributed by atoms with Crippen LogP contribution in [-0.4, -0.2) is 50.5 Å². The standard InChI is InChI=1S/C29H32BrClFN3O4S/c1-20(2)17-33-29(37)27(15-21-8-5-4-6-9-21)34(18-22-10-7-11-23(30)14-22)28(36)19-35(40(3,38)39)24-12-13-26(32)25(31)16-24/h4-14,16,20,27H,15,17-19H2,1-3H3,(H,33,37)/t27-/m0/s1. The average molecular weight is 653 g/mol. The van der Waals surface area contributed by atoms with E-state index in [0.717, 1.165) is 38.3 Å². The molecular formula is C29H32BrClFN3O4S. The lowest BCUT2D eigenvalue weighted by Gasteiger charge is -2.33. The molecule has 214 valence electrons. The Morgan fingerprint density at radius 1 is 1.00 bits per heavy atom. The highest BCUT2D eigenvalue weighted by molar-refractivity contribution is 9.10. The summed E-state index contributed by atoms with van der Waals surface area (Å²) in [5.74, 6) is -1.49. The van der Waals surface area contributed by atoms with Gasteiger partial charge in [0, 0.05) is 24.0 Å². The van der Waals surface area contributed by atoms with E-state index < -0.39 is 34.3 Å². The number of benzene rings is 3. The molecule has 1 atom stereocenters. The van der Waals surface area contributed by atoms with Gasteiger partial charge in [0.15, 0.2) is 0 Å². The van der Waals surface area contributed by atoms with Gasteiger partial charge in [-0.05, 0) is 47.4 Å². The molecule has 1 N–H and O–H groups in total. The van der Waals surface area contributed by atoms with Gasteiger partial charge < -0.3 is 10.2 Å². The molecule has 0 spiro atoms. The van der Waals surface area contributed by atoms with E-state index in [2.05, 4.69) is 21.2 Å². The summed E-state index contributed by atoms with van der Waals surface area (Å²) >= 11 is 9.37. The molecule has 0 unspecified atom stereocenters. The smallest absolute Gasteiger partial charge is 0.244 e. The highest BCUT2D eigenvalue weighted by atomic mass is 79.9. The molecular weight excluding hydrogens is 621 g/mol. The number of rotatable bonds is 12. The molecule has 40 heavy (non-hydrogen) atoms. The first kappa shape index (κ1) is 31.6. The van der Waals surface area contributed by atoms with E-state index >= 15 is 0 Å². The number of carbonyl (C=O) groups excluding carboxylic acids is 2. The van der Waals surface area contributed by atoms with Gasteiger partial charge in [-0.25, -0.2) is 12.8 Å². The van der Waals surface area contributed by atoms with Crippen molar-refractivity contribution in [2.75, 3.05) is 23.7 Å². The van der Waals surface area contributed by atoms with Crippen LogP contribution in [0.2, 0.25) is 5.02 Å². The van der Waals surface area contributed by atoms with Crippen LogP contribution in [0.5, 0.6) is 0 Å². The Morgan fingerprint density at radius 2 is 1.68 bits per heavy atom. The second-order valence-corrected chi connectivity index (χ2v) is 13.1. The van der Waals surface area contributed by atoms with Gasteiger partial charge in [-0.3, -0.25) is 13.9 Å². The van der Waals surface area contributed by atoms with E-state index in [1.165, 1.54) is 11.0 Å². The van der Waals surface area contributed by atoms with E-state index in [-0.39, 0.29) is 35.5 Å². The van der Waals surface area contributed by atoms with Gasteiger partial charge in [0.05, 0.1) is 17.0 Å². The molecule has 0 saturated carbocycles. The van der Waals surface area contributed by atoms with Gasteiger partial charge in [-0.1, -0.05) is 83.8 Å². The first-order valence-electron chi connectivity index (χ1n) is 12.6. The maximum Gasteiger partial charge on any atom is 0.244 e. The van der Waals surface area contributed by atoms with Crippen LogP contribution >= 0.6 is 27.5 Å². The van der Waals surface area contributed by atoms with Crippen LogP contribution in [0.4, 0.5) is 10.1 Å². The number of halogens is 3. The van der Waals surface area contributed by atoms with Gasteiger partial charge in [0.1, 0.15) is 18.4 Å². The molecule has 0 radical (unpaired) electrons. The van der Waals surface area contributed by atoms with E-state index in [0.29, 0.717) is 6.54 Å². The second kappa shape index (κ2) is 14.1. The van der Waals surface area contributed by atoms with Crippen molar-refractivity contribution in [3.8, 4) is 0 Å². The lowest BCUT2D eigenvalue weighted by Crippen LogP contribution is -2.53. The van der Waals surface area contributed by atoms with Gasteiger partial charge in [-0.15, -0.1) is 0 Å². The van der Waals surface area contributed by atoms with E-state index in [4.69, 9.17) is 11.6 Å². The summed E-state index contributed by atoms with van der Waals surface area (Å²) in [6, 6.07) is 19.1. The van der Waals surface area contributed by atoms with Crippen LogP contribution in [0.25, 0.3) is 0 Å². The van der Waals surface area contributed by atoms with E-state index in [1.54, 1.807) is 0 Å². The molecule has 3 aromatic rings. The largest absolute Gasteiger partial charge is 0.354 e. The minimum atomic E-state index is -3.99. The summed E-state index contributed by atoms with van der Waals surface area (Å²) in [5, 5.41) is 2.65. The van der Waals surface area contributed by atoms with Gasteiger partial charge >= 0.3 is 0 Å². The minimum Gasteiger partial charge on any atom is -0.354 e. The number of anilines is 1. The minimum absolute atomic E-state index is 0.0357. The van der Waals surface area contributed by atoms with Crippen LogP contribution in [0, 0.1) is 11.7 Å². The number of hydrogen-bond donors (Lipinski definition) is 1. The topological polar surface area (TPSA) is 86.8 Å². The van der Waals surface area contributed by atoms with Crippen molar-refractivity contribution in [3.63, 3.8) is 0 Å². The molecule has 0 fully saturated rings. The Kier molecular flexibility index (Phi) is 11.1. The quantitative estimate of drug-likeness (QED) is 0.283. The number of amides is 2. The molecule has 0 saturated heterocycles. The zero-order valence-electron chi connectivity index (χ0n) is 22.5. The zero-order valence-corrected chi connectivity index (χ0v) is 25.6. The van der Waals surface area contributed by atoms with Crippen molar-refractivity contribution in [3.05, 3.63) is 99.2 Å². The summed E-state index contributed by atoms with van der Waals surface area (Å²) in [7, 11) is -3.99. The molecule has 2 amide bonds. The Labute approximate surface area is 248 Å². The summed E-state index contributed by atoms with van der Waals surface area (Å²) in [4.78, 5) is 29.0. The van der Waals surface area contributed by atoms with Crippen molar-refractivity contribution in [2.24, 2.45) is 5.92 Å². The van der Waals surface area contributed by atoms with Gasteiger partial charge in [-0.2, -0.15) is 0 Å². The number of sulfonamides is 1. The fourth-order valence-electron chi connectivity index (χ4n) is 4.06. The molecule has 0 aliphatic rings. The van der Waals surface area contributed by atoms with Crippen LogP contribution < -0.4 is 9.62 Å². The van der Waals surface area contributed by atoms with Crippen LogP contribution in [0.3, 0.4) is 0 Å². The first-order chi connectivity index (χ1) is 18.8. The lowest BCUT2D eigenvalue weighted by atomic mass is 10.0. The molecule has 0 heterocycles. The Hall–Kier alpha value is -2.95. The highest BCUT2D eigenvalue weighted by Gasteiger charge is 2.33. The number of nitrogens with zero attached hydrogens (tertiary/aromatic N) is 2. The average Bonchev–Trinajstić information content (AvgIpc) is 2.89. The monoisotopic (exact) mass is 651 g/mol. The fraction of sp³-hybridized carbons (Fsp3) is 0.310. The number of carbonyl (C=O) groups is 2. The Bertz CT molecular complexity index is 1440. The number of nitrogens with one attached hydrogen (secondary N) is 1. The Balaban J connectivity index is 2.06. The summed E-state index contributed by atoms with van der Waals surface area (Å²) < 4.78 is 41.1. The third kappa shape index (κ3) is 9.04. The molecule has 7 nitrogen and oxygen atoms in total. The molecule has 3 aromatic carbocycles. The molecule has 3 rings (SSSR count). The lowest BCUT2D eigenvalue weighted by molar-refractivity contribution is -0.140. The van der Waals surface area contributed by atoms with Crippen LogP contribution in [0.1, 0.15) is 25.0 Å². The van der Waals surface area contributed by atoms with Crippen LogP contribution in [-0.2, 0) is 32.6 Å². The van der Waals surface area contributed by atoms with Gasteiger partial charge in [0.25, 0.3) is 0 Å². The summed E-state index contributed by atoms with van der Waals surface area (Å²) in [6.07, 6.45) is 1.17. The summed E-state index contributed by atoms with van der Waals surface area (Å²) in [5.41, 5.74) is 1.62. The maximum absolute atomic E-state index is 14.0. The fourth-order valence-corrected chi connectivity index (χ4v) is 5.53. The number of hydrogen-bond acceptors (Lipinski definition) is 4. The third-order valence-electron chi connectivity index (χ3n) is 6.07. The molecule has 11 heteroatoms. The maximum atomic E-state index is 14.0. The third-order valence-corrected chi connectivity index (χ3v) is 7.99. The predicted molar refractivity (Wildman–Crippen MR) is 160 cm³/mol. The molecule has 0 bridgehead atoms. The zero-order chi connectivity index (χ0) is 29.4. The van der Waals surface area contributed by atoms with Crippen molar-refractivity contribution in [1.29, 1.82) is 0 Å².